The first kappa shape index (κ1) is 8.63. The predicted octanol–water partition coefficient (Wildman–Crippen LogP) is -0.528. The van der Waals surface area contributed by atoms with Crippen LogP contribution in [0.4, 0.5) is 0 Å². The molecule has 6 heteroatoms. The van der Waals surface area contributed by atoms with Gasteiger partial charge in [-0.2, -0.15) is 5.21 Å². The minimum absolute atomic E-state index is 0.0141. The lowest BCUT2D eigenvalue weighted by atomic mass is 10.2. The Morgan fingerprint density at radius 2 is 2.42 bits per heavy atom. The fourth-order valence-electron chi connectivity index (χ4n) is 0.628. The van der Waals surface area contributed by atoms with Gasteiger partial charge in [-0.1, -0.05) is 19.1 Å². The van der Waals surface area contributed by atoms with Crippen molar-refractivity contribution in [3.8, 4) is 0 Å². The minimum atomic E-state index is -0.0168. The van der Waals surface area contributed by atoms with Crippen molar-refractivity contribution in [2.75, 3.05) is 0 Å². The number of amides is 1. The summed E-state index contributed by atoms with van der Waals surface area (Å²) in [4.78, 5) is 11.0. The van der Waals surface area contributed by atoms with Crippen LogP contribution in [-0.2, 0) is 11.3 Å². The number of carbonyl (C=O) groups is 1. The van der Waals surface area contributed by atoms with Gasteiger partial charge in [0.15, 0.2) is 5.82 Å². The molecule has 0 spiro atoms. The van der Waals surface area contributed by atoms with Gasteiger partial charge in [0, 0.05) is 5.92 Å². The van der Waals surface area contributed by atoms with Crippen LogP contribution in [0, 0.1) is 5.92 Å². The van der Waals surface area contributed by atoms with Crippen LogP contribution in [-0.4, -0.2) is 26.5 Å². The number of carbonyl (C=O) groups excluding carboxylic acids is 1. The quantitative estimate of drug-likeness (QED) is 0.637. The molecule has 12 heavy (non-hydrogen) atoms. The number of hydrogen-bond acceptors (Lipinski definition) is 4. The van der Waals surface area contributed by atoms with Crippen molar-refractivity contribution in [3.05, 3.63) is 5.82 Å². The van der Waals surface area contributed by atoms with E-state index in [4.69, 9.17) is 0 Å². The molecule has 1 rings (SSSR count). The fourth-order valence-corrected chi connectivity index (χ4v) is 0.628. The van der Waals surface area contributed by atoms with Gasteiger partial charge in [0.1, 0.15) is 0 Å². The molecule has 0 bridgehead atoms. The van der Waals surface area contributed by atoms with Crippen LogP contribution in [0.1, 0.15) is 19.7 Å². The summed E-state index contributed by atoms with van der Waals surface area (Å²) < 4.78 is 0. The number of rotatable bonds is 3. The van der Waals surface area contributed by atoms with Crippen LogP contribution in [0.3, 0.4) is 0 Å². The van der Waals surface area contributed by atoms with Crippen LogP contribution in [0.5, 0.6) is 0 Å². The van der Waals surface area contributed by atoms with Crippen LogP contribution < -0.4 is 5.32 Å². The summed E-state index contributed by atoms with van der Waals surface area (Å²) in [6.07, 6.45) is 0. The second kappa shape index (κ2) is 3.80. The summed E-state index contributed by atoms with van der Waals surface area (Å²) in [5.41, 5.74) is 0. The molecular formula is C6H11N5O. The molecule has 0 fully saturated rings. The number of tetrazole rings is 1. The van der Waals surface area contributed by atoms with E-state index in [-0.39, 0.29) is 11.8 Å². The highest BCUT2D eigenvalue weighted by molar-refractivity contribution is 5.77. The van der Waals surface area contributed by atoms with Gasteiger partial charge in [-0.15, -0.1) is 10.2 Å². The first-order valence-electron chi connectivity index (χ1n) is 3.70. The summed E-state index contributed by atoms with van der Waals surface area (Å²) in [5.74, 6) is 0.459. The monoisotopic (exact) mass is 169 g/mol. The largest absolute Gasteiger partial charge is 0.348 e. The number of hydrogen-bond donors (Lipinski definition) is 2. The highest BCUT2D eigenvalue weighted by Crippen LogP contribution is 1.91. The Kier molecular flexibility index (Phi) is 2.73. The van der Waals surface area contributed by atoms with Crippen molar-refractivity contribution in [2.24, 2.45) is 5.92 Å². The SMILES string of the molecule is CC(C)C(=O)NCc1nn[nH]n1. The number of aromatic nitrogens is 4. The molecule has 0 saturated heterocycles. The molecule has 0 radical (unpaired) electrons. The Bertz CT molecular complexity index is 242. The lowest BCUT2D eigenvalue weighted by Crippen LogP contribution is -2.27. The molecule has 0 atom stereocenters. The molecule has 0 aliphatic rings. The van der Waals surface area contributed by atoms with Gasteiger partial charge in [-0.05, 0) is 0 Å². The van der Waals surface area contributed by atoms with Crippen LogP contribution in [0.2, 0.25) is 0 Å². The lowest BCUT2D eigenvalue weighted by Gasteiger charge is -2.03. The first-order valence-corrected chi connectivity index (χ1v) is 3.70. The van der Waals surface area contributed by atoms with Crippen molar-refractivity contribution in [1.82, 2.24) is 25.9 Å². The van der Waals surface area contributed by atoms with Crippen molar-refractivity contribution in [1.29, 1.82) is 0 Å². The smallest absolute Gasteiger partial charge is 0.222 e. The summed E-state index contributed by atoms with van der Waals surface area (Å²) in [5, 5.41) is 15.7. The number of aromatic amines is 1. The number of nitrogens with one attached hydrogen (secondary N) is 2. The van der Waals surface area contributed by atoms with E-state index in [0.29, 0.717) is 12.4 Å². The molecule has 66 valence electrons. The number of nitrogens with zero attached hydrogens (tertiary/aromatic N) is 3. The van der Waals surface area contributed by atoms with Gasteiger partial charge in [-0.3, -0.25) is 4.79 Å². The molecule has 0 aliphatic heterocycles. The zero-order valence-corrected chi connectivity index (χ0v) is 7.03. The van der Waals surface area contributed by atoms with Gasteiger partial charge >= 0.3 is 0 Å². The normalized spacial score (nSPS) is 10.2. The molecule has 0 aliphatic carbocycles. The van der Waals surface area contributed by atoms with E-state index in [2.05, 4.69) is 25.9 Å². The third kappa shape index (κ3) is 2.30. The maximum Gasteiger partial charge on any atom is 0.222 e. The number of H-pyrrole nitrogens is 1. The summed E-state index contributed by atoms with van der Waals surface area (Å²) in [6, 6.07) is 0. The Morgan fingerprint density at radius 3 is 2.92 bits per heavy atom. The lowest BCUT2D eigenvalue weighted by molar-refractivity contribution is -0.124. The van der Waals surface area contributed by atoms with E-state index in [1.165, 1.54) is 0 Å². The molecular weight excluding hydrogens is 158 g/mol. The molecule has 0 unspecified atom stereocenters. The Balaban J connectivity index is 2.32. The molecule has 1 aromatic rings. The van der Waals surface area contributed by atoms with Crippen molar-refractivity contribution in [2.45, 2.75) is 20.4 Å². The molecule has 1 heterocycles. The fraction of sp³-hybridized carbons (Fsp3) is 0.667. The average Bonchev–Trinajstić information content (AvgIpc) is 2.51. The van der Waals surface area contributed by atoms with E-state index < -0.39 is 0 Å². The van der Waals surface area contributed by atoms with Crippen molar-refractivity contribution in [3.63, 3.8) is 0 Å². The molecule has 6 nitrogen and oxygen atoms in total. The van der Waals surface area contributed by atoms with Gasteiger partial charge in [0.05, 0.1) is 6.54 Å². The van der Waals surface area contributed by atoms with Crippen LogP contribution >= 0.6 is 0 Å². The molecule has 0 aromatic carbocycles. The first-order chi connectivity index (χ1) is 5.70. The van der Waals surface area contributed by atoms with Gasteiger partial charge < -0.3 is 5.32 Å². The average molecular weight is 169 g/mol. The van der Waals surface area contributed by atoms with E-state index >= 15 is 0 Å². The molecule has 2 N–H and O–H groups in total. The third-order valence-corrected chi connectivity index (χ3v) is 1.33. The van der Waals surface area contributed by atoms with Gasteiger partial charge in [-0.25, -0.2) is 0 Å². The Hall–Kier alpha value is -1.46. The molecule has 0 saturated carbocycles. The summed E-state index contributed by atoms with van der Waals surface area (Å²) in [7, 11) is 0. The maximum absolute atomic E-state index is 11.0. The van der Waals surface area contributed by atoms with Gasteiger partial charge in [0.2, 0.25) is 5.91 Å². The van der Waals surface area contributed by atoms with Gasteiger partial charge in [0.25, 0.3) is 0 Å². The Morgan fingerprint density at radius 1 is 1.67 bits per heavy atom. The van der Waals surface area contributed by atoms with Crippen molar-refractivity contribution >= 4 is 5.91 Å². The summed E-state index contributed by atoms with van der Waals surface area (Å²) in [6.45, 7) is 3.98. The third-order valence-electron chi connectivity index (χ3n) is 1.33. The zero-order chi connectivity index (χ0) is 8.97. The van der Waals surface area contributed by atoms with Crippen LogP contribution in [0.25, 0.3) is 0 Å². The maximum atomic E-state index is 11.0. The standard InChI is InChI=1S/C6H11N5O/c1-4(2)6(12)7-3-5-8-10-11-9-5/h4H,3H2,1-2H3,(H,7,12)(H,8,9,10,11). The predicted molar refractivity (Wildman–Crippen MR) is 40.9 cm³/mol. The van der Waals surface area contributed by atoms with Crippen LogP contribution in [0.15, 0.2) is 0 Å². The van der Waals surface area contributed by atoms with E-state index in [1.807, 2.05) is 13.8 Å². The summed E-state index contributed by atoms with van der Waals surface area (Å²) >= 11 is 0. The Labute approximate surface area is 69.7 Å². The topological polar surface area (TPSA) is 83.6 Å². The molecule has 1 aromatic heterocycles. The highest BCUT2D eigenvalue weighted by atomic mass is 16.1. The second-order valence-electron chi connectivity index (χ2n) is 2.70. The van der Waals surface area contributed by atoms with E-state index in [9.17, 15) is 4.79 Å². The second-order valence-corrected chi connectivity index (χ2v) is 2.70. The molecule has 1 amide bonds. The minimum Gasteiger partial charge on any atom is -0.348 e. The van der Waals surface area contributed by atoms with E-state index in [0.717, 1.165) is 0 Å². The highest BCUT2D eigenvalue weighted by Gasteiger charge is 2.06. The van der Waals surface area contributed by atoms with Crippen molar-refractivity contribution < 1.29 is 4.79 Å². The zero-order valence-electron chi connectivity index (χ0n) is 7.03. The van der Waals surface area contributed by atoms with E-state index in [1.54, 1.807) is 0 Å².